The van der Waals surface area contributed by atoms with E-state index in [1.165, 1.54) is 205 Å². The molecule has 0 radical (unpaired) electrons. The summed E-state index contributed by atoms with van der Waals surface area (Å²) in [5.74, 6) is -0.0650. The predicted octanol–water partition coefficient (Wildman–Crippen LogP) is 14.4. The van der Waals surface area contributed by atoms with Crippen LogP contribution in [0.15, 0.2) is 24.3 Å². The van der Waals surface area contributed by atoms with Gasteiger partial charge in [-0.05, 0) is 44.9 Å². The molecule has 2 atom stereocenters. The molecule has 0 heterocycles. The Morgan fingerprint density at radius 3 is 1.08 bits per heavy atom. The van der Waals surface area contributed by atoms with Crippen molar-refractivity contribution in [3.8, 4) is 0 Å². The van der Waals surface area contributed by atoms with E-state index in [9.17, 15) is 15.0 Å². The van der Waals surface area contributed by atoms with Crippen LogP contribution in [-0.4, -0.2) is 34.9 Å². The molecule has 4 heteroatoms. The Labute approximate surface area is 319 Å². The molecule has 302 valence electrons. The Morgan fingerprint density at radius 2 is 0.745 bits per heavy atom. The van der Waals surface area contributed by atoms with Gasteiger partial charge in [0.2, 0.25) is 5.91 Å². The van der Waals surface area contributed by atoms with Crippen LogP contribution in [-0.2, 0) is 4.79 Å². The maximum atomic E-state index is 12.4. The smallest absolute Gasteiger partial charge is 0.220 e. The predicted molar refractivity (Wildman–Crippen MR) is 225 cm³/mol. The number of allylic oxidation sites excluding steroid dienone is 3. The molecule has 0 aliphatic heterocycles. The first-order valence-electron chi connectivity index (χ1n) is 23.1. The first-order valence-corrected chi connectivity index (χ1v) is 23.1. The van der Waals surface area contributed by atoms with E-state index in [1.807, 2.05) is 6.08 Å². The monoisotopic (exact) mass is 718 g/mol. The van der Waals surface area contributed by atoms with Crippen molar-refractivity contribution in [1.29, 1.82) is 0 Å². The summed E-state index contributed by atoms with van der Waals surface area (Å²) in [5.41, 5.74) is 0. The molecular weight excluding hydrogens is 627 g/mol. The van der Waals surface area contributed by atoms with Crippen molar-refractivity contribution in [2.75, 3.05) is 6.61 Å². The lowest BCUT2D eigenvalue weighted by atomic mass is 10.0. The fourth-order valence-electron chi connectivity index (χ4n) is 7.11. The number of rotatable bonds is 42. The third-order valence-electron chi connectivity index (χ3n) is 10.7. The highest BCUT2D eigenvalue weighted by Crippen LogP contribution is 2.15. The summed E-state index contributed by atoms with van der Waals surface area (Å²) < 4.78 is 0. The largest absolute Gasteiger partial charge is 0.394 e. The molecule has 3 N–H and O–H groups in total. The molecule has 1 amide bonds. The Morgan fingerprint density at radius 1 is 0.451 bits per heavy atom. The van der Waals surface area contributed by atoms with Crippen LogP contribution in [0.1, 0.15) is 251 Å². The van der Waals surface area contributed by atoms with E-state index in [4.69, 9.17) is 0 Å². The van der Waals surface area contributed by atoms with E-state index in [-0.39, 0.29) is 12.5 Å². The molecule has 0 aliphatic carbocycles. The molecule has 0 rings (SSSR count). The fraction of sp³-hybridized carbons (Fsp3) is 0.894. The van der Waals surface area contributed by atoms with Crippen LogP contribution in [0, 0.1) is 0 Å². The third kappa shape index (κ3) is 39.9. The Bertz CT molecular complexity index is 735. The second-order valence-electron chi connectivity index (χ2n) is 15.8. The highest BCUT2D eigenvalue weighted by Gasteiger charge is 2.17. The van der Waals surface area contributed by atoms with Gasteiger partial charge in [-0.3, -0.25) is 4.79 Å². The molecule has 51 heavy (non-hydrogen) atoms. The maximum absolute atomic E-state index is 12.4. The van der Waals surface area contributed by atoms with E-state index in [1.54, 1.807) is 6.08 Å². The molecule has 0 saturated heterocycles. The van der Waals surface area contributed by atoms with Crippen molar-refractivity contribution in [2.24, 2.45) is 0 Å². The number of aliphatic hydroxyl groups excluding tert-OH is 2. The van der Waals surface area contributed by atoms with Gasteiger partial charge in [-0.1, -0.05) is 224 Å². The zero-order valence-electron chi connectivity index (χ0n) is 34.6. The average molecular weight is 718 g/mol. The highest BCUT2D eigenvalue weighted by molar-refractivity contribution is 5.76. The zero-order valence-corrected chi connectivity index (χ0v) is 34.6. The second kappa shape index (κ2) is 43.3. The van der Waals surface area contributed by atoms with E-state index in [0.29, 0.717) is 6.42 Å². The summed E-state index contributed by atoms with van der Waals surface area (Å²) in [6.45, 7) is 4.32. The molecule has 0 bridgehead atoms. The summed E-state index contributed by atoms with van der Waals surface area (Å²) in [5, 5.41) is 23.0. The molecule has 4 nitrogen and oxygen atoms in total. The van der Waals surface area contributed by atoms with Gasteiger partial charge in [-0.2, -0.15) is 0 Å². The Kier molecular flexibility index (Phi) is 42.3. The van der Waals surface area contributed by atoms with Gasteiger partial charge in [-0.15, -0.1) is 0 Å². The number of unbranched alkanes of at least 4 members (excludes halogenated alkanes) is 33. The van der Waals surface area contributed by atoms with Crippen LogP contribution in [0.3, 0.4) is 0 Å². The zero-order chi connectivity index (χ0) is 37.1. The summed E-state index contributed by atoms with van der Waals surface area (Å²) in [4.78, 5) is 12.4. The molecule has 2 unspecified atom stereocenters. The molecule has 0 spiro atoms. The van der Waals surface area contributed by atoms with Crippen LogP contribution >= 0.6 is 0 Å². The van der Waals surface area contributed by atoms with Crippen LogP contribution < -0.4 is 5.32 Å². The van der Waals surface area contributed by atoms with Gasteiger partial charge in [0.1, 0.15) is 0 Å². The van der Waals surface area contributed by atoms with Crippen molar-refractivity contribution >= 4 is 5.91 Å². The van der Waals surface area contributed by atoms with Crippen molar-refractivity contribution < 1.29 is 15.0 Å². The van der Waals surface area contributed by atoms with Gasteiger partial charge in [0.25, 0.3) is 0 Å². The highest BCUT2D eigenvalue weighted by atomic mass is 16.3. The second-order valence-corrected chi connectivity index (χ2v) is 15.8. The van der Waals surface area contributed by atoms with E-state index in [2.05, 4.69) is 31.3 Å². The molecule has 0 aromatic heterocycles. The minimum Gasteiger partial charge on any atom is -0.394 e. The summed E-state index contributed by atoms with van der Waals surface area (Å²) in [6.07, 6.45) is 55.8. The molecule has 0 aliphatic rings. The average Bonchev–Trinajstić information content (AvgIpc) is 3.13. The fourth-order valence-corrected chi connectivity index (χ4v) is 7.11. The molecule has 0 aromatic carbocycles. The van der Waals surface area contributed by atoms with Gasteiger partial charge < -0.3 is 15.5 Å². The third-order valence-corrected chi connectivity index (χ3v) is 10.7. The number of carbonyl (C=O) groups is 1. The minimum absolute atomic E-state index is 0.0650. The lowest BCUT2D eigenvalue weighted by Gasteiger charge is -2.20. The van der Waals surface area contributed by atoms with Crippen LogP contribution in [0.5, 0.6) is 0 Å². The number of aliphatic hydroxyl groups is 2. The number of hydrogen-bond acceptors (Lipinski definition) is 3. The first kappa shape index (κ1) is 49.9. The Hall–Kier alpha value is -1.13. The standard InChI is InChI=1S/C47H91NO3/c1-3-5-7-9-11-13-15-17-19-20-21-22-23-24-25-26-27-29-31-33-35-37-39-41-43-47(51)48-45(44-49)46(50)42-40-38-36-34-32-30-28-18-16-14-12-10-8-6-4-2/h24-25,40,42,45-46,49-50H,3-23,26-39,41,43-44H2,1-2H3,(H,48,51)/b25-24-,42-40+. The van der Waals surface area contributed by atoms with E-state index in [0.717, 1.165) is 25.7 Å². The quantitative estimate of drug-likeness (QED) is 0.0435. The Balaban J connectivity index is 3.52. The van der Waals surface area contributed by atoms with Crippen molar-refractivity contribution in [1.82, 2.24) is 5.32 Å². The normalized spacial score (nSPS) is 13.1. The summed E-state index contributed by atoms with van der Waals surface area (Å²) >= 11 is 0. The minimum atomic E-state index is -0.837. The van der Waals surface area contributed by atoms with Gasteiger partial charge in [0.15, 0.2) is 0 Å². The van der Waals surface area contributed by atoms with Crippen molar-refractivity contribution in [3.63, 3.8) is 0 Å². The summed E-state index contributed by atoms with van der Waals surface area (Å²) in [7, 11) is 0. The number of amides is 1. The van der Waals surface area contributed by atoms with Crippen molar-refractivity contribution in [3.05, 3.63) is 24.3 Å². The molecular formula is C47H91NO3. The van der Waals surface area contributed by atoms with Gasteiger partial charge in [0.05, 0.1) is 18.8 Å². The lowest BCUT2D eigenvalue weighted by Crippen LogP contribution is -2.45. The number of nitrogens with one attached hydrogen (secondary N) is 1. The number of carbonyl (C=O) groups excluding carboxylic acids is 1. The van der Waals surface area contributed by atoms with Crippen LogP contribution in [0.2, 0.25) is 0 Å². The number of hydrogen-bond donors (Lipinski definition) is 3. The van der Waals surface area contributed by atoms with Crippen molar-refractivity contribution in [2.45, 2.75) is 264 Å². The SMILES string of the molecule is CCCCCCCCCCCCCC/C=C\CCCCCCCCCCC(=O)NC(CO)C(O)/C=C/CCCCCCCCCCCCCCC. The van der Waals surface area contributed by atoms with Gasteiger partial charge >= 0.3 is 0 Å². The van der Waals surface area contributed by atoms with E-state index >= 15 is 0 Å². The lowest BCUT2D eigenvalue weighted by molar-refractivity contribution is -0.123. The summed E-state index contributed by atoms with van der Waals surface area (Å²) in [6, 6.07) is -0.621. The topological polar surface area (TPSA) is 69.6 Å². The van der Waals surface area contributed by atoms with E-state index < -0.39 is 12.1 Å². The van der Waals surface area contributed by atoms with Gasteiger partial charge in [0, 0.05) is 6.42 Å². The molecule has 0 fully saturated rings. The van der Waals surface area contributed by atoms with Gasteiger partial charge in [-0.25, -0.2) is 0 Å². The molecule has 0 saturated carbocycles. The maximum Gasteiger partial charge on any atom is 0.220 e. The molecule has 0 aromatic rings. The van der Waals surface area contributed by atoms with Crippen LogP contribution in [0.4, 0.5) is 0 Å². The van der Waals surface area contributed by atoms with Crippen LogP contribution in [0.25, 0.3) is 0 Å². The first-order chi connectivity index (χ1) is 25.2.